The van der Waals surface area contributed by atoms with Crippen molar-refractivity contribution in [1.82, 2.24) is 10.2 Å². The summed E-state index contributed by atoms with van der Waals surface area (Å²) in [5, 5.41) is 30.0. The van der Waals surface area contributed by atoms with Crippen LogP contribution >= 0.6 is 0 Å². The van der Waals surface area contributed by atoms with Crippen molar-refractivity contribution >= 4 is 11.7 Å². The van der Waals surface area contributed by atoms with E-state index >= 15 is 0 Å². The molecule has 20 heavy (non-hydrogen) atoms. The number of hydrogen-bond donors (Lipinski definition) is 3. The van der Waals surface area contributed by atoms with Crippen molar-refractivity contribution in [3.05, 3.63) is 16.8 Å². The molecule has 0 aromatic carbocycles. The Morgan fingerprint density at radius 1 is 1.45 bits per heavy atom. The summed E-state index contributed by atoms with van der Waals surface area (Å²) in [7, 11) is 0. The summed E-state index contributed by atoms with van der Waals surface area (Å²) in [6, 6.07) is -0.0170. The van der Waals surface area contributed by atoms with Crippen LogP contribution in [0.25, 0.3) is 0 Å². The molecule has 1 aromatic rings. The second-order valence-corrected chi connectivity index (χ2v) is 5.30. The van der Waals surface area contributed by atoms with Crippen LogP contribution in [0.4, 0.5) is 5.82 Å². The van der Waals surface area contributed by atoms with E-state index in [1.54, 1.807) is 0 Å². The Morgan fingerprint density at radius 3 is 2.75 bits per heavy atom. The minimum Gasteiger partial charge on any atom is -0.409 e. The number of aliphatic hydroxyl groups is 1. The van der Waals surface area contributed by atoms with Gasteiger partial charge in [0, 0.05) is 6.54 Å². The van der Waals surface area contributed by atoms with Crippen LogP contribution in [0.3, 0.4) is 0 Å². The molecule has 0 bridgehead atoms. The second-order valence-electron chi connectivity index (χ2n) is 5.30. The molecule has 1 aliphatic heterocycles. The van der Waals surface area contributed by atoms with Gasteiger partial charge in [0.05, 0.1) is 23.9 Å². The molecule has 1 fully saturated rings. The molecule has 0 amide bonds. The molecule has 2 atom stereocenters. The molecule has 1 aromatic heterocycles. The lowest BCUT2D eigenvalue weighted by Gasteiger charge is -2.28. The van der Waals surface area contributed by atoms with Crippen molar-refractivity contribution in [3.8, 4) is 0 Å². The van der Waals surface area contributed by atoms with E-state index in [4.69, 9.17) is 10.9 Å². The highest BCUT2D eigenvalue weighted by Gasteiger charge is 2.34. The monoisotopic (exact) mass is 279 g/mol. The van der Waals surface area contributed by atoms with Gasteiger partial charge in [-0.15, -0.1) is 5.10 Å². The Kier molecular flexibility index (Phi) is 4.08. The average Bonchev–Trinajstić information content (AvgIpc) is 2.81. The lowest BCUT2D eigenvalue weighted by Crippen LogP contribution is -2.38. The van der Waals surface area contributed by atoms with Gasteiger partial charge in [0.1, 0.15) is 0 Å². The summed E-state index contributed by atoms with van der Waals surface area (Å²) >= 11 is 0. The molecule has 7 nitrogen and oxygen atoms in total. The smallest absolute Gasteiger partial charge is 0.174 e. The summed E-state index contributed by atoms with van der Waals surface area (Å²) in [5.41, 5.74) is 7.96. The predicted molar refractivity (Wildman–Crippen MR) is 76.0 cm³/mol. The van der Waals surface area contributed by atoms with Crippen LogP contribution in [0, 0.1) is 19.8 Å². The first-order chi connectivity index (χ1) is 9.51. The van der Waals surface area contributed by atoms with Gasteiger partial charge in [0.2, 0.25) is 0 Å². The number of anilines is 1. The third-order valence-electron chi connectivity index (χ3n) is 4.14. The van der Waals surface area contributed by atoms with Crippen molar-refractivity contribution < 1.29 is 10.3 Å². The molecule has 0 saturated carbocycles. The highest BCUT2D eigenvalue weighted by atomic mass is 16.4. The zero-order chi connectivity index (χ0) is 14.9. The first-order valence-electron chi connectivity index (χ1n) is 6.70. The van der Waals surface area contributed by atoms with Crippen molar-refractivity contribution in [1.29, 1.82) is 0 Å². The van der Waals surface area contributed by atoms with Crippen molar-refractivity contribution in [2.75, 3.05) is 18.1 Å². The number of hydrogen-bond acceptors (Lipinski definition) is 6. The standard InChI is InChI=1S/C13H21N5O2/c1-7-4-5-18(10(7)6-19)13-11(12(14)17-20)8(2)9(3)15-16-13/h7,10,19-20H,4-6H2,1-3H3,(H2,14,17). The summed E-state index contributed by atoms with van der Waals surface area (Å²) in [5.74, 6) is 0.960. The lowest BCUT2D eigenvalue weighted by molar-refractivity contribution is 0.244. The maximum absolute atomic E-state index is 9.58. The van der Waals surface area contributed by atoms with Crippen LogP contribution < -0.4 is 10.6 Å². The van der Waals surface area contributed by atoms with E-state index in [-0.39, 0.29) is 18.5 Å². The number of nitrogens with zero attached hydrogens (tertiary/aromatic N) is 4. The quantitative estimate of drug-likeness (QED) is 0.320. The van der Waals surface area contributed by atoms with Crippen LogP contribution in [-0.4, -0.2) is 45.5 Å². The second kappa shape index (κ2) is 5.62. The molecule has 2 unspecified atom stereocenters. The first-order valence-corrected chi connectivity index (χ1v) is 6.70. The van der Waals surface area contributed by atoms with Crippen LogP contribution in [0.5, 0.6) is 0 Å². The molecular weight excluding hydrogens is 258 g/mol. The maximum Gasteiger partial charge on any atom is 0.174 e. The number of rotatable bonds is 3. The fourth-order valence-electron chi connectivity index (χ4n) is 2.70. The van der Waals surface area contributed by atoms with Gasteiger partial charge in [-0.1, -0.05) is 12.1 Å². The average molecular weight is 279 g/mol. The zero-order valence-corrected chi connectivity index (χ0v) is 12.0. The normalized spacial score (nSPS) is 23.4. The van der Waals surface area contributed by atoms with E-state index in [2.05, 4.69) is 22.3 Å². The highest BCUT2D eigenvalue weighted by molar-refractivity contribution is 6.02. The van der Waals surface area contributed by atoms with Crippen molar-refractivity contribution in [2.45, 2.75) is 33.2 Å². The molecule has 1 aliphatic rings. The number of oxime groups is 1. The van der Waals surface area contributed by atoms with Crippen LogP contribution in [0.1, 0.15) is 30.2 Å². The van der Waals surface area contributed by atoms with E-state index in [1.165, 1.54) is 0 Å². The molecule has 0 radical (unpaired) electrons. The summed E-state index contributed by atoms with van der Waals surface area (Å²) in [6.07, 6.45) is 0.968. The number of amidine groups is 1. The van der Waals surface area contributed by atoms with E-state index in [0.29, 0.717) is 17.3 Å². The Balaban J connectivity index is 2.54. The van der Waals surface area contributed by atoms with Crippen molar-refractivity contribution in [3.63, 3.8) is 0 Å². The fourth-order valence-corrected chi connectivity index (χ4v) is 2.70. The van der Waals surface area contributed by atoms with Crippen LogP contribution in [0.2, 0.25) is 0 Å². The molecule has 2 rings (SSSR count). The Labute approximate surface area is 118 Å². The Hall–Kier alpha value is -1.89. The zero-order valence-electron chi connectivity index (χ0n) is 12.0. The first kappa shape index (κ1) is 14.5. The topological polar surface area (TPSA) is 108 Å². The maximum atomic E-state index is 9.58. The van der Waals surface area contributed by atoms with E-state index in [1.807, 2.05) is 18.7 Å². The van der Waals surface area contributed by atoms with E-state index in [0.717, 1.165) is 24.2 Å². The minimum absolute atomic E-state index is 0.0170. The van der Waals surface area contributed by atoms with Gasteiger partial charge in [-0.05, 0) is 31.7 Å². The number of aryl methyl sites for hydroxylation is 1. The lowest BCUT2D eigenvalue weighted by atomic mass is 10.0. The molecule has 4 N–H and O–H groups in total. The number of aliphatic hydroxyl groups excluding tert-OH is 1. The molecule has 1 saturated heterocycles. The number of nitrogens with two attached hydrogens (primary N) is 1. The molecule has 0 spiro atoms. The summed E-state index contributed by atoms with van der Waals surface area (Å²) < 4.78 is 0. The molecule has 0 aliphatic carbocycles. The molecular formula is C13H21N5O2. The third kappa shape index (κ3) is 2.29. The van der Waals surface area contributed by atoms with Gasteiger partial charge in [-0.2, -0.15) is 5.10 Å². The van der Waals surface area contributed by atoms with Crippen LogP contribution in [0.15, 0.2) is 5.16 Å². The summed E-state index contributed by atoms with van der Waals surface area (Å²) in [6.45, 7) is 6.62. The predicted octanol–water partition coefficient (Wildman–Crippen LogP) is 0.395. The van der Waals surface area contributed by atoms with Crippen molar-refractivity contribution in [2.24, 2.45) is 16.8 Å². The highest BCUT2D eigenvalue weighted by Crippen LogP contribution is 2.31. The van der Waals surface area contributed by atoms with Gasteiger partial charge < -0.3 is 20.9 Å². The number of aromatic nitrogens is 2. The van der Waals surface area contributed by atoms with Gasteiger partial charge in [0.25, 0.3) is 0 Å². The SMILES string of the molecule is Cc1nnc(N2CCC(C)C2CO)c(C(N)=NO)c1C. The largest absolute Gasteiger partial charge is 0.409 e. The Morgan fingerprint density at radius 2 is 2.15 bits per heavy atom. The van der Waals surface area contributed by atoms with E-state index < -0.39 is 0 Å². The molecule has 110 valence electrons. The fraction of sp³-hybridized carbons (Fsp3) is 0.615. The van der Waals surface area contributed by atoms with Gasteiger partial charge in [-0.25, -0.2) is 0 Å². The molecule has 7 heteroatoms. The van der Waals surface area contributed by atoms with Crippen LogP contribution in [-0.2, 0) is 0 Å². The Bertz CT molecular complexity index is 532. The van der Waals surface area contributed by atoms with E-state index in [9.17, 15) is 5.11 Å². The van der Waals surface area contributed by atoms with Gasteiger partial charge in [-0.3, -0.25) is 0 Å². The third-order valence-corrected chi connectivity index (χ3v) is 4.14. The van der Waals surface area contributed by atoms with Gasteiger partial charge in [0.15, 0.2) is 11.7 Å². The minimum atomic E-state index is -0.0170. The van der Waals surface area contributed by atoms with Gasteiger partial charge >= 0.3 is 0 Å². The molecule has 2 heterocycles. The summed E-state index contributed by atoms with van der Waals surface area (Å²) in [4.78, 5) is 2.00.